The maximum Gasteiger partial charge on any atom is 0.221 e. The Bertz CT molecular complexity index is 581. The molecule has 0 fully saturated rings. The van der Waals surface area contributed by atoms with Gasteiger partial charge in [-0.15, -0.1) is 0 Å². The van der Waals surface area contributed by atoms with Gasteiger partial charge in [-0.3, -0.25) is 0 Å². The van der Waals surface area contributed by atoms with Crippen molar-refractivity contribution in [2.24, 2.45) is 7.05 Å². The Morgan fingerprint density at radius 3 is 2.72 bits per heavy atom. The highest BCUT2D eigenvalue weighted by Crippen LogP contribution is 2.30. The predicted molar refractivity (Wildman–Crippen MR) is 76.8 cm³/mol. The predicted octanol–water partition coefficient (Wildman–Crippen LogP) is 4.38. The summed E-state index contributed by atoms with van der Waals surface area (Å²) in [7, 11) is 1.87. The van der Waals surface area contributed by atoms with E-state index in [2.05, 4.69) is 21.0 Å². The third kappa shape index (κ3) is 2.54. The van der Waals surface area contributed by atoms with Crippen LogP contribution in [0.3, 0.4) is 0 Å². The van der Waals surface area contributed by atoms with E-state index in [4.69, 9.17) is 16.3 Å². The normalized spacial score (nSPS) is 10.7. The zero-order valence-corrected chi connectivity index (χ0v) is 12.8. The van der Waals surface area contributed by atoms with Gasteiger partial charge in [0.1, 0.15) is 5.75 Å². The largest absolute Gasteiger partial charge is 0.439 e. The zero-order valence-electron chi connectivity index (χ0n) is 10.5. The highest BCUT2D eigenvalue weighted by molar-refractivity contribution is 9.08. The van der Waals surface area contributed by atoms with Crippen molar-refractivity contribution in [2.45, 2.75) is 19.2 Å². The number of alkyl halides is 1. The van der Waals surface area contributed by atoms with Crippen molar-refractivity contribution in [1.29, 1.82) is 0 Å². The number of hydrogen-bond donors (Lipinski definition) is 0. The van der Waals surface area contributed by atoms with Crippen LogP contribution in [-0.2, 0) is 12.4 Å². The van der Waals surface area contributed by atoms with Gasteiger partial charge in [-0.05, 0) is 37.6 Å². The fourth-order valence-corrected chi connectivity index (χ4v) is 2.52. The number of rotatable bonds is 3. The molecular weight excluding hydrogens is 316 g/mol. The van der Waals surface area contributed by atoms with Crippen molar-refractivity contribution in [3.05, 3.63) is 40.0 Å². The Morgan fingerprint density at radius 1 is 1.39 bits per heavy atom. The number of hydrogen-bond acceptors (Lipinski definition) is 2. The summed E-state index contributed by atoms with van der Waals surface area (Å²) in [6, 6.07) is 5.61. The highest BCUT2D eigenvalue weighted by Gasteiger charge is 2.14. The van der Waals surface area contributed by atoms with E-state index in [1.807, 2.05) is 39.1 Å². The molecule has 0 aliphatic carbocycles. The average molecular weight is 330 g/mol. The van der Waals surface area contributed by atoms with Crippen molar-refractivity contribution in [3.63, 3.8) is 0 Å². The van der Waals surface area contributed by atoms with E-state index in [1.165, 1.54) is 0 Å². The lowest BCUT2D eigenvalue weighted by Crippen LogP contribution is -1.96. The maximum absolute atomic E-state index is 6.00. The minimum absolute atomic E-state index is 0.717. The molecule has 0 saturated carbocycles. The molecule has 2 aromatic rings. The Hall–Kier alpha value is -1.00. The third-order valence-electron chi connectivity index (χ3n) is 2.77. The molecule has 0 N–H and O–H groups in total. The summed E-state index contributed by atoms with van der Waals surface area (Å²) in [5.74, 6) is 1.52. The van der Waals surface area contributed by atoms with Crippen LogP contribution in [0.15, 0.2) is 18.2 Å². The van der Waals surface area contributed by atoms with Crippen LogP contribution in [0.1, 0.15) is 16.8 Å². The lowest BCUT2D eigenvalue weighted by atomic mass is 10.2. The van der Waals surface area contributed by atoms with Gasteiger partial charge in [0, 0.05) is 23.0 Å². The summed E-state index contributed by atoms with van der Waals surface area (Å²) in [5.41, 5.74) is 3.02. The number of ether oxygens (including phenoxy) is 1. The summed E-state index contributed by atoms with van der Waals surface area (Å²) in [6.45, 7) is 3.92. The topological polar surface area (TPSA) is 27.1 Å². The Labute approximate surface area is 120 Å². The number of benzene rings is 1. The average Bonchev–Trinajstić information content (AvgIpc) is 2.58. The van der Waals surface area contributed by atoms with Crippen LogP contribution < -0.4 is 4.74 Å². The van der Waals surface area contributed by atoms with Gasteiger partial charge in [0.2, 0.25) is 5.88 Å². The van der Waals surface area contributed by atoms with E-state index < -0.39 is 0 Å². The van der Waals surface area contributed by atoms with Crippen LogP contribution in [0, 0.1) is 13.8 Å². The molecule has 0 amide bonds. The van der Waals surface area contributed by atoms with Crippen molar-refractivity contribution >= 4 is 27.5 Å². The van der Waals surface area contributed by atoms with Crippen molar-refractivity contribution in [2.75, 3.05) is 0 Å². The molecule has 0 unspecified atom stereocenters. The van der Waals surface area contributed by atoms with Crippen molar-refractivity contribution in [1.82, 2.24) is 9.78 Å². The van der Waals surface area contributed by atoms with Gasteiger partial charge in [0.15, 0.2) is 0 Å². The number of halogens is 2. The lowest BCUT2D eigenvalue weighted by Gasteiger charge is -2.09. The summed E-state index contributed by atoms with van der Waals surface area (Å²) in [5, 5.41) is 5.81. The van der Waals surface area contributed by atoms with Crippen LogP contribution >= 0.6 is 27.5 Å². The molecule has 1 aromatic carbocycles. The molecule has 0 spiro atoms. The van der Waals surface area contributed by atoms with E-state index in [1.54, 1.807) is 4.68 Å². The first kappa shape index (κ1) is 13.4. The van der Waals surface area contributed by atoms with Crippen molar-refractivity contribution in [3.8, 4) is 11.6 Å². The lowest BCUT2D eigenvalue weighted by molar-refractivity contribution is 0.427. The van der Waals surface area contributed by atoms with Crippen LogP contribution in [-0.4, -0.2) is 9.78 Å². The first-order valence-electron chi connectivity index (χ1n) is 5.55. The molecule has 2 rings (SSSR count). The minimum atomic E-state index is 0.717. The van der Waals surface area contributed by atoms with E-state index in [-0.39, 0.29) is 0 Å². The summed E-state index contributed by atoms with van der Waals surface area (Å²) < 4.78 is 7.65. The molecule has 3 nitrogen and oxygen atoms in total. The third-order valence-corrected chi connectivity index (χ3v) is 3.75. The highest BCUT2D eigenvalue weighted by atomic mass is 79.9. The molecule has 5 heteroatoms. The zero-order chi connectivity index (χ0) is 13.3. The minimum Gasteiger partial charge on any atom is -0.439 e. The van der Waals surface area contributed by atoms with Gasteiger partial charge in [-0.2, -0.15) is 5.10 Å². The van der Waals surface area contributed by atoms with Gasteiger partial charge >= 0.3 is 0 Å². The summed E-state index contributed by atoms with van der Waals surface area (Å²) >= 11 is 9.45. The molecule has 0 radical (unpaired) electrons. The van der Waals surface area contributed by atoms with E-state index in [9.17, 15) is 0 Å². The van der Waals surface area contributed by atoms with Crippen molar-refractivity contribution < 1.29 is 4.74 Å². The molecule has 0 bridgehead atoms. The maximum atomic E-state index is 6.00. The molecule has 96 valence electrons. The molecule has 0 aliphatic rings. The fraction of sp³-hybridized carbons (Fsp3) is 0.308. The van der Waals surface area contributed by atoms with Crippen LogP contribution in [0.2, 0.25) is 5.02 Å². The molecule has 18 heavy (non-hydrogen) atoms. The fourth-order valence-electron chi connectivity index (χ4n) is 1.75. The molecular formula is C13H14BrClN2O. The molecule has 1 heterocycles. The molecule has 1 aromatic heterocycles. The Kier molecular flexibility index (Phi) is 3.97. The number of aryl methyl sites for hydroxylation is 3. The second-order valence-electron chi connectivity index (χ2n) is 4.14. The first-order chi connectivity index (χ1) is 8.52. The standard InChI is InChI=1S/C13H14BrClN2O/c1-8-6-10(4-5-12(8)15)18-13-11(7-14)9(2)16-17(13)3/h4-6H,7H2,1-3H3. The Morgan fingerprint density at radius 2 is 2.11 bits per heavy atom. The second kappa shape index (κ2) is 5.33. The van der Waals surface area contributed by atoms with E-state index in [0.29, 0.717) is 5.33 Å². The van der Waals surface area contributed by atoms with Gasteiger partial charge in [0.25, 0.3) is 0 Å². The summed E-state index contributed by atoms with van der Waals surface area (Å²) in [4.78, 5) is 0. The monoisotopic (exact) mass is 328 g/mol. The first-order valence-corrected chi connectivity index (χ1v) is 7.05. The second-order valence-corrected chi connectivity index (χ2v) is 5.11. The Balaban J connectivity index is 2.36. The van der Waals surface area contributed by atoms with Gasteiger partial charge in [-0.1, -0.05) is 27.5 Å². The SMILES string of the molecule is Cc1cc(Oc2c(CBr)c(C)nn2C)ccc1Cl. The smallest absolute Gasteiger partial charge is 0.221 e. The number of nitrogens with zero attached hydrogens (tertiary/aromatic N) is 2. The molecule has 0 saturated heterocycles. The van der Waals surface area contributed by atoms with Crippen LogP contribution in [0.25, 0.3) is 0 Å². The van der Waals surface area contributed by atoms with Crippen LogP contribution in [0.5, 0.6) is 11.6 Å². The van der Waals surface area contributed by atoms with Gasteiger partial charge < -0.3 is 4.74 Å². The number of aromatic nitrogens is 2. The van der Waals surface area contributed by atoms with Gasteiger partial charge in [0.05, 0.1) is 5.69 Å². The van der Waals surface area contributed by atoms with E-state index in [0.717, 1.165) is 33.5 Å². The molecule has 0 aliphatic heterocycles. The summed E-state index contributed by atoms with van der Waals surface area (Å²) in [6.07, 6.45) is 0. The van der Waals surface area contributed by atoms with Crippen LogP contribution in [0.4, 0.5) is 0 Å². The van der Waals surface area contributed by atoms with E-state index >= 15 is 0 Å². The molecule has 0 atom stereocenters. The van der Waals surface area contributed by atoms with Gasteiger partial charge in [-0.25, -0.2) is 4.68 Å². The quantitative estimate of drug-likeness (QED) is 0.782.